The number of para-hydroxylation sites is 1. The maximum atomic E-state index is 8.45. The lowest BCUT2D eigenvalue weighted by Gasteiger charge is -2.06. The molecule has 1 heterocycles. The average Bonchev–Trinajstić information content (AvgIpc) is 2.37. The lowest BCUT2D eigenvalue weighted by molar-refractivity contribution is 0.340. The van der Waals surface area contributed by atoms with E-state index < -0.39 is 0 Å². The van der Waals surface area contributed by atoms with E-state index in [0.29, 0.717) is 17.3 Å². The number of rotatable bonds is 4. The summed E-state index contributed by atoms with van der Waals surface area (Å²) in [6.45, 7) is 1.75. The Hall–Kier alpha value is -2.61. The second-order valence-corrected chi connectivity index (χ2v) is 3.49. The van der Waals surface area contributed by atoms with Gasteiger partial charge in [0.25, 0.3) is 0 Å². The first kappa shape index (κ1) is 11.9. The molecule has 5 nitrogen and oxygen atoms in total. The third-order valence-electron chi connectivity index (χ3n) is 2.05. The van der Waals surface area contributed by atoms with Crippen LogP contribution in [-0.2, 0) is 0 Å². The lowest BCUT2D eigenvalue weighted by Crippen LogP contribution is -2.00. The van der Waals surface area contributed by atoms with Crippen LogP contribution in [0.25, 0.3) is 0 Å². The first-order valence-corrected chi connectivity index (χ1v) is 5.36. The van der Waals surface area contributed by atoms with Crippen molar-refractivity contribution in [1.29, 1.82) is 5.26 Å². The molecule has 0 aliphatic carbocycles. The molecule has 1 aromatic carbocycles. The molecule has 0 atom stereocenters. The van der Waals surface area contributed by atoms with Gasteiger partial charge in [0.05, 0.1) is 0 Å². The fourth-order valence-corrected chi connectivity index (χ4v) is 1.33. The SMILES string of the molecule is Cc1cc(OCC#N)nc(Oc2ccccc2)n1. The molecule has 2 aromatic rings. The summed E-state index contributed by atoms with van der Waals surface area (Å²) in [6.07, 6.45) is 0. The summed E-state index contributed by atoms with van der Waals surface area (Å²) in [5, 5.41) is 8.45. The van der Waals surface area contributed by atoms with Crippen LogP contribution in [0.4, 0.5) is 0 Å². The van der Waals surface area contributed by atoms with Gasteiger partial charge in [-0.3, -0.25) is 0 Å². The van der Waals surface area contributed by atoms with E-state index >= 15 is 0 Å². The van der Waals surface area contributed by atoms with Crippen molar-refractivity contribution in [2.75, 3.05) is 6.61 Å². The second-order valence-electron chi connectivity index (χ2n) is 3.49. The summed E-state index contributed by atoms with van der Waals surface area (Å²) in [6, 6.07) is 13.0. The Kier molecular flexibility index (Phi) is 3.72. The standard InChI is InChI=1S/C13H11N3O2/c1-10-9-12(17-8-7-14)16-13(15-10)18-11-5-3-2-4-6-11/h2-6,9H,8H2,1H3. The van der Waals surface area contributed by atoms with Gasteiger partial charge in [-0.25, -0.2) is 0 Å². The van der Waals surface area contributed by atoms with Crippen molar-refractivity contribution < 1.29 is 9.47 Å². The molecule has 0 fully saturated rings. The van der Waals surface area contributed by atoms with Gasteiger partial charge in [0.1, 0.15) is 11.8 Å². The number of nitrogens with zero attached hydrogens (tertiary/aromatic N) is 3. The molecule has 0 aliphatic heterocycles. The van der Waals surface area contributed by atoms with Crippen LogP contribution >= 0.6 is 0 Å². The summed E-state index contributed by atoms with van der Waals surface area (Å²) >= 11 is 0. The van der Waals surface area contributed by atoms with Crippen LogP contribution < -0.4 is 9.47 Å². The minimum Gasteiger partial charge on any atom is -0.462 e. The zero-order valence-electron chi connectivity index (χ0n) is 9.83. The van der Waals surface area contributed by atoms with E-state index in [1.54, 1.807) is 13.0 Å². The zero-order valence-corrected chi connectivity index (χ0v) is 9.83. The van der Waals surface area contributed by atoms with Crippen molar-refractivity contribution in [2.45, 2.75) is 6.92 Å². The number of aryl methyl sites for hydroxylation is 1. The Bertz CT molecular complexity index is 564. The molecule has 0 N–H and O–H groups in total. The minimum atomic E-state index is -0.0543. The lowest BCUT2D eigenvalue weighted by atomic mass is 10.3. The number of benzene rings is 1. The second kappa shape index (κ2) is 5.64. The van der Waals surface area contributed by atoms with Crippen molar-refractivity contribution in [1.82, 2.24) is 9.97 Å². The molecule has 0 saturated heterocycles. The van der Waals surface area contributed by atoms with Crippen molar-refractivity contribution >= 4 is 0 Å². The normalized spacial score (nSPS) is 9.56. The van der Waals surface area contributed by atoms with Crippen LogP contribution in [0.15, 0.2) is 36.4 Å². The van der Waals surface area contributed by atoms with Gasteiger partial charge in [-0.2, -0.15) is 15.2 Å². The highest BCUT2D eigenvalue weighted by molar-refractivity contribution is 5.26. The van der Waals surface area contributed by atoms with Crippen LogP contribution in [-0.4, -0.2) is 16.6 Å². The van der Waals surface area contributed by atoms with Gasteiger partial charge in [-0.15, -0.1) is 0 Å². The molecule has 0 saturated carbocycles. The Morgan fingerprint density at radius 3 is 2.72 bits per heavy atom. The van der Waals surface area contributed by atoms with Gasteiger partial charge in [-0.1, -0.05) is 18.2 Å². The van der Waals surface area contributed by atoms with E-state index in [-0.39, 0.29) is 12.6 Å². The molecule has 0 aliphatic rings. The van der Waals surface area contributed by atoms with E-state index in [0.717, 1.165) is 0 Å². The average molecular weight is 241 g/mol. The Morgan fingerprint density at radius 1 is 1.22 bits per heavy atom. The van der Waals surface area contributed by atoms with Crippen molar-refractivity contribution in [3.05, 3.63) is 42.1 Å². The highest BCUT2D eigenvalue weighted by Crippen LogP contribution is 2.20. The van der Waals surface area contributed by atoms with E-state index in [4.69, 9.17) is 14.7 Å². The summed E-state index contributed by atoms with van der Waals surface area (Å²) < 4.78 is 10.6. The quantitative estimate of drug-likeness (QED) is 0.822. The highest BCUT2D eigenvalue weighted by atomic mass is 16.5. The Labute approximate surface area is 105 Å². The smallest absolute Gasteiger partial charge is 0.325 e. The van der Waals surface area contributed by atoms with Crippen LogP contribution in [0.2, 0.25) is 0 Å². The topological polar surface area (TPSA) is 68.0 Å². The molecule has 0 spiro atoms. The van der Waals surface area contributed by atoms with Gasteiger partial charge in [0, 0.05) is 11.8 Å². The van der Waals surface area contributed by atoms with E-state index in [1.807, 2.05) is 36.4 Å². The van der Waals surface area contributed by atoms with Gasteiger partial charge >= 0.3 is 6.01 Å². The monoisotopic (exact) mass is 241 g/mol. The molecular formula is C13H11N3O2. The van der Waals surface area contributed by atoms with Gasteiger partial charge < -0.3 is 9.47 Å². The molecule has 0 amide bonds. The van der Waals surface area contributed by atoms with Crippen LogP contribution in [0, 0.1) is 18.3 Å². The summed E-state index contributed by atoms with van der Waals surface area (Å²) in [5.41, 5.74) is 0.712. The highest BCUT2D eigenvalue weighted by Gasteiger charge is 2.05. The molecule has 90 valence electrons. The van der Waals surface area contributed by atoms with Crippen molar-refractivity contribution in [3.63, 3.8) is 0 Å². The van der Waals surface area contributed by atoms with Gasteiger partial charge in [0.15, 0.2) is 6.61 Å². The molecule has 18 heavy (non-hydrogen) atoms. The Morgan fingerprint density at radius 2 is 2.00 bits per heavy atom. The molecule has 2 rings (SSSR count). The third-order valence-corrected chi connectivity index (χ3v) is 2.05. The van der Waals surface area contributed by atoms with Crippen molar-refractivity contribution in [3.8, 4) is 23.7 Å². The summed E-state index contributed by atoms with van der Waals surface area (Å²) in [7, 11) is 0. The summed E-state index contributed by atoms with van der Waals surface area (Å²) in [5.74, 6) is 0.976. The zero-order chi connectivity index (χ0) is 12.8. The largest absolute Gasteiger partial charge is 0.462 e. The van der Waals surface area contributed by atoms with E-state index in [9.17, 15) is 0 Å². The number of ether oxygens (including phenoxy) is 2. The molecule has 5 heteroatoms. The minimum absolute atomic E-state index is 0.0543. The van der Waals surface area contributed by atoms with Crippen LogP contribution in [0.1, 0.15) is 5.69 Å². The molecule has 0 radical (unpaired) electrons. The number of hydrogen-bond acceptors (Lipinski definition) is 5. The predicted molar refractivity (Wildman–Crippen MR) is 64.4 cm³/mol. The molecule has 1 aromatic heterocycles. The molecule has 0 bridgehead atoms. The third kappa shape index (κ3) is 3.19. The van der Waals surface area contributed by atoms with Gasteiger partial charge in [-0.05, 0) is 19.1 Å². The first-order valence-electron chi connectivity index (χ1n) is 5.36. The number of hydrogen-bond donors (Lipinski definition) is 0. The van der Waals surface area contributed by atoms with E-state index in [1.165, 1.54) is 0 Å². The van der Waals surface area contributed by atoms with Crippen LogP contribution in [0.3, 0.4) is 0 Å². The first-order chi connectivity index (χ1) is 8.78. The van der Waals surface area contributed by atoms with Gasteiger partial charge in [0.2, 0.25) is 5.88 Å². The Balaban J connectivity index is 2.18. The molecule has 0 unspecified atom stereocenters. The van der Waals surface area contributed by atoms with Crippen LogP contribution in [0.5, 0.6) is 17.6 Å². The van der Waals surface area contributed by atoms with E-state index in [2.05, 4.69) is 9.97 Å². The fourth-order valence-electron chi connectivity index (χ4n) is 1.33. The maximum absolute atomic E-state index is 8.45. The predicted octanol–water partition coefficient (Wildman–Crippen LogP) is 2.48. The maximum Gasteiger partial charge on any atom is 0.325 e. The molecular weight excluding hydrogens is 230 g/mol. The number of nitriles is 1. The fraction of sp³-hybridized carbons (Fsp3) is 0.154. The van der Waals surface area contributed by atoms with Crippen molar-refractivity contribution in [2.24, 2.45) is 0 Å². The summed E-state index contributed by atoms with van der Waals surface area (Å²) in [4.78, 5) is 8.20. The number of aromatic nitrogens is 2.